The van der Waals surface area contributed by atoms with E-state index in [4.69, 9.17) is 0 Å². The van der Waals surface area contributed by atoms with Gasteiger partial charge in [-0.05, 0) is 12.1 Å². The van der Waals surface area contributed by atoms with E-state index in [-0.39, 0.29) is 18.4 Å². The normalized spacial score (nSPS) is 10.3. The number of benzene rings is 1. The van der Waals surface area contributed by atoms with Gasteiger partial charge in [0, 0.05) is 6.92 Å². The second-order valence-electron chi connectivity index (χ2n) is 3.89. The van der Waals surface area contributed by atoms with Crippen molar-refractivity contribution in [2.45, 2.75) is 13.5 Å². The Hall–Kier alpha value is -2.37. The summed E-state index contributed by atoms with van der Waals surface area (Å²) < 4.78 is 0. The molecule has 0 aliphatic carbocycles. The lowest BCUT2D eigenvalue weighted by molar-refractivity contribution is -0.125. The highest BCUT2D eigenvalue weighted by molar-refractivity contribution is 5.83. The molecule has 6 nitrogen and oxygen atoms in total. The zero-order chi connectivity index (χ0) is 13.0. The number of fused-ring (bicyclic) bond motifs is 1. The minimum Gasteiger partial charge on any atom is -0.347 e. The summed E-state index contributed by atoms with van der Waals surface area (Å²) in [6.45, 7) is 1.66. The Morgan fingerprint density at radius 3 is 2.78 bits per heavy atom. The first kappa shape index (κ1) is 12.1. The third-order valence-corrected chi connectivity index (χ3v) is 2.39. The second-order valence-corrected chi connectivity index (χ2v) is 3.89. The highest BCUT2D eigenvalue weighted by Gasteiger charge is 2.05. The fourth-order valence-electron chi connectivity index (χ4n) is 1.54. The van der Waals surface area contributed by atoms with Gasteiger partial charge in [-0.15, -0.1) is 0 Å². The molecule has 0 atom stereocenters. The van der Waals surface area contributed by atoms with Crippen molar-refractivity contribution in [2.75, 3.05) is 6.54 Å². The molecule has 2 rings (SSSR count). The molecule has 18 heavy (non-hydrogen) atoms. The van der Waals surface area contributed by atoms with Crippen LogP contribution in [0.4, 0.5) is 0 Å². The molecule has 0 radical (unpaired) electrons. The van der Waals surface area contributed by atoms with E-state index in [2.05, 4.69) is 20.6 Å². The number of aromatic nitrogens is 2. The number of hydrogen-bond donors (Lipinski definition) is 3. The number of aromatic amines is 1. The lowest BCUT2D eigenvalue weighted by Crippen LogP contribution is -2.35. The monoisotopic (exact) mass is 246 g/mol. The minimum atomic E-state index is -0.245. The summed E-state index contributed by atoms with van der Waals surface area (Å²) in [7, 11) is 0. The van der Waals surface area contributed by atoms with Crippen LogP contribution in [0.25, 0.3) is 11.0 Å². The molecule has 1 aromatic carbocycles. The van der Waals surface area contributed by atoms with E-state index in [1.807, 2.05) is 24.3 Å². The number of rotatable bonds is 4. The van der Waals surface area contributed by atoms with Gasteiger partial charge in [0.25, 0.3) is 0 Å². The maximum Gasteiger partial charge on any atom is 0.239 e. The molecule has 0 fully saturated rings. The minimum absolute atomic E-state index is 0.0183. The molecular weight excluding hydrogens is 232 g/mol. The summed E-state index contributed by atoms with van der Waals surface area (Å²) >= 11 is 0. The fourth-order valence-corrected chi connectivity index (χ4v) is 1.54. The maximum atomic E-state index is 11.4. The summed E-state index contributed by atoms with van der Waals surface area (Å²) in [5.41, 5.74) is 1.80. The van der Waals surface area contributed by atoms with E-state index in [9.17, 15) is 9.59 Å². The van der Waals surface area contributed by atoms with Gasteiger partial charge in [0.15, 0.2) is 0 Å². The van der Waals surface area contributed by atoms with Gasteiger partial charge in [0.1, 0.15) is 5.82 Å². The van der Waals surface area contributed by atoms with Gasteiger partial charge in [-0.2, -0.15) is 0 Å². The lowest BCUT2D eigenvalue weighted by atomic mass is 10.3. The summed E-state index contributed by atoms with van der Waals surface area (Å²) in [5.74, 6) is 0.215. The molecule has 0 aliphatic heterocycles. The quantitative estimate of drug-likeness (QED) is 0.725. The number of nitrogens with one attached hydrogen (secondary N) is 3. The SMILES string of the molecule is CC(=O)NCC(=O)NCc1nc2ccccc2[nH]1. The predicted octanol–water partition coefficient (Wildman–Crippen LogP) is 0.315. The number of H-pyrrole nitrogens is 1. The molecule has 6 heteroatoms. The number of nitrogens with zero attached hydrogens (tertiary/aromatic N) is 1. The maximum absolute atomic E-state index is 11.4. The van der Waals surface area contributed by atoms with E-state index >= 15 is 0 Å². The molecule has 94 valence electrons. The largest absolute Gasteiger partial charge is 0.347 e. The van der Waals surface area contributed by atoms with E-state index in [1.54, 1.807) is 0 Å². The average Bonchev–Trinajstić information content (AvgIpc) is 2.76. The molecular formula is C12H14N4O2. The third-order valence-electron chi connectivity index (χ3n) is 2.39. The lowest BCUT2D eigenvalue weighted by Gasteiger charge is -2.03. The zero-order valence-electron chi connectivity index (χ0n) is 9.99. The molecule has 0 spiro atoms. The highest BCUT2D eigenvalue weighted by Crippen LogP contribution is 2.09. The van der Waals surface area contributed by atoms with Crippen LogP contribution in [0.3, 0.4) is 0 Å². The van der Waals surface area contributed by atoms with Crippen LogP contribution in [-0.4, -0.2) is 28.3 Å². The van der Waals surface area contributed by atoms with Crippen LogP contribution in [-0.2, 0) is 16.1 Å². The Labute approximate surface area is 104 Å². The summed E-state index contributed by atoms with van der Waals surface area (Å²) in [6.07, 6.45) is 0. The molecule has 0 aliphatic rings. The van der Waals surface area contributed by atoms with Crippen LogP contribution in [0, 0.1) is 0 Å². The van der Waals surface area contributed by atoms with Crippen molar-refractivity contribution in [3.8, 4) is 0 Å². The number of amides is 2. The molecule has 0 saturated carbocycles. The van der Waals surface area contributed by atoms with Gasteiger partial charge in [0.2, 0.25) is 11.8 Å². The van der Waals surface area contributed by atoms with E-state index in [1.165, 1.54) is 6.92 Å². The molecule has 0 unspecified atom stereocenters. The molecule has 2 aromatic rings. The van der Waals surface area contributed by atoms with Crippen molar-refractivity contribution in [3.05, 3.63) is 30.1 Å². The van der Waals surface area contributed by atoms with Gasteiger partial charge in [-0.3, -0.25) is 9.59 Å². The summed E-state index contributed by atoms with van der Waals surface area (Å²) in [4.78, 5) is 29.4. The molecule has 2 amide bonds. The number of imidazole rings is 1. The molecule has 1 aromatic heterocycles. The van der Waals surface area contributed by atoms with Crippen LogP contribution < -0.4 is 10.6 Å². The Kier molecular flexibility index (Phi) is 3.57. The number of hydrogen-bond acceptors (Lipinski definition) is 3. The predicted molar refractivity (Wildman–Crippen MR) is 66.6 cm³/mol. The van der Waals surface area contributed by atoms with Crippen LogP contribution in [0.1, 0.15) is 12.7 Å². The Morgan fingerprint density at radius 2 is 2.06 bits per heavy atom. The van der Waals surface area contributed by atoms with Crippen LogP contribution in [0.2, 0.25) is 0 Å². The van der Waals surface area contributed by atoms with Crippen molar-refractivity contribution < 1.29 is 9.59 Å². The first-order valence-corrected chi connectivity index (χ1v) is 5.60. The van der Waals surface area contributed by atoms with E-state index in [0.29, 0.717) is 12.4 Å². The van der Waals surface area contributed by atoms with Gasteiger partial charge >= 0.3 is 0 Å². The zero-order valence-corrected chi connectivity index (χ0v) is 9.99. The Balaban J connectivity index is 1.90. The van der Waals surface area contributed by atoms with Gasteiger partial charge in [-0.25, -0.2) is 4.98 Å². The third kappa shape index (κ3) is 3.07. The van der Waals surface area contributed by atoms with Crippen LogP contribution in [0.15, 0.2) is 24.3 Å². The van der Waals surface area contributed by atoms with Gasteiger partial charge in [-0.1, -0.05) is 12.1 Å². The van der Waals surface area contributed by atoms with Gasteiger partial charge in [0.05, 0.1) is 24.1 Å². The number of carbonyl (C=O) groups is 2. The summed E-state index contributed by atoms with van der Waals surface area (Å²) in [6, 6.07) is 7.64. The van der Waals surface area contributed by atoms with E-state index < -0.39 is 0 Å². The van der Waals surface area contributed by atoms with Crippen LogP contribution >= 0.6 is 0 Å². The standard InChI is InChI=1S/C12H14N4O2/c1-8(17)13-7-12(18)14-6-11-15-9-4-2-3-5-10(9)16-11/h2-5H,6-7H2,1H3,(H,13,17)(H,14,18)(H,15,16). The van der Waals surface area contributed by atoms with Gasteiger partial charge < -0.3 is 15.6 Å². The number of carbonyl (C=O) groups excluding carboxylic acids is 2. The molecule has 0 bridgehead atoms. The Morgan fingerprint density at radius 1 is 1.28 bits per heavy atom. The van der Waals surface area contributed by atoms with Crippen LogP contribution in [0.5, 0.6) is 0 Å². The Bertz CT molecular complexity index is 543. The average molecular weight is 246 g/mol. The van der Waals surface area contributed by atoms with Crippen molar-refractivity contribution >= 4 is 22.8 Å². The van der Waals surface area contributed by atoms with Crippen molar-refractivity contribution in [2.24, 2.45) is 0 Å². The van der Waals surface area contributed by atoms with Crippen molar-refractivity contribution in [1.29, 1.82) is 0 Å². The second kappa shape index (κ2) is 5.31. The number of para-hydroxylation sites is 2. The summed E-state index contributed by atoms with van der Waals surface area (Å²) in [5, 5.41) is 5.09. The van der Waals surface area contributed by atoms with E-state index in [0.717, 1.165) is 11.0 Å². The molecule has 1 heterocycles. The van der Waals surface area contributed by atoms with Crippen molar-refractivity contribution in [1.82, 2.24) is 20.6 Å². The molecule has 3 N–H and O–H groups in total. The fraction of sp³-hybridized carbons (Fsp3) is 0.250. The topological polar surface area (TPSA) is 86.9 Å². The smallest absolute Gasteiger partial charge is 0.239 e. The highest BCUT2D eigenvalue weighted by atomic mass is 16.2. The first-order chi connectivity index (χ1) is 8.65. The molecule has 0 saturated heterocycles. The van der Waals surface area contributed by atoms with Crippen molar-refractivity contribution in [3.63, 3.8) is 0 Å². The first-order valence-electron chi connectivity index (χ1n) is 5.60.